The van der Waals surface area contributed by atoms with Crippen molar-refractivity contribution >= 4 is 23.4 Å². The van der Waals surface area contributed by atoms with Gasteiger partial charge in [0.25, 0.3) is 0 Å². The van der Waals surface area contributed by atoms with Gasteiger partial charge in [-0.1, -0.05) is 17.8 Å². The van der Waals surface area contributed by atoms with Crippen molar-refractivity contribution in [2.24, 2.45) is 0 Å². The molecule has 0 saturated carbocycles. The van der Waals surface area contributed by atoms with Gasteiger partial charge in [-0.3, -0.25) is 4.98 Å². The fraction of sp³-hybridized carbons (Fsp3) is 0.400. The number of nitrogens with one attached hydrogen (secondary N) is 1. The van der Waals surface area contributed by atoms with Crippen LogP contribution >= 0.6 is 11.8 Å². The summed E-state index contributed by atoms with van der Waals surface area (Å²) in [4.78, 5) is 15.7. The molecule has 0 aliphatic rings. The number of pyridine rings is 1. The highest BCUT2D eigenvalue weighted by molar-refractivity contribution is 7.98. The second-order valence-corrected chi connectivity index (χ2v) is 5.24. The van der Waals surface area contributed by atoms with Gasteiger partial charge in [0.2, 0.25) is 0 Å². The minimum atomic E-state index is 0.744. The fourth-order valence-corrected chi connectivity index (χ4v) is 2.35. The van der Waals surface area contributed by atoms with Gasteiger partial charge in [-0.25, -0.2) is 9.97 Å². The van der Waals surface area contributed by atoms with E-state index in [1.54, 1.807) is 11.8 Å². The molecule has 21 heavy (non-hydrogen) atoms. The van der Waals surface area contributed by atoms with Crippen LogP contribution in [0.25, 0.3) is 0 Å². The molecule has 0 amide bonds. The number of aromatic nitrogens is 3. The number of nitrogens with zero attached hydrogens (tertiary/aromatic N) is 4. The third-order valence-corrected chi connectivity index (χ3v) is 3.57. The van der Waals surface area contributed by atoms with Crippen LogP contribution in [-0.4, -0.2) is 34.3 Å². The normalized spacial score (nSPS) is 10.4. The lowest BCUT2D eigenvalue weighted by molar-refractivity contribution is 0.777. The Bertz CT molecular complexity index is 561. The molecule has 2 aromatic heterocycles. The van der Waals surface area contributed by atoms with Gasteiger partial charge in [0.05, 0.1) is 12.2 Å². The maximum absolute atomic E-state index is 4.61. The van der Waals surface area contributed by atoms with Crippen LogP contribution in [0.2, 0.25) is 0 Å². The molecular formula is C15H21N5S. The monoisotopic (exact) mass is 303 g/mol. The number of hydrogen-bond acceptors (Lipinski definition) is 6. The highest BCUT2D eigenvalue weighted by Crippen LogP contribution is 2.21. The van der Waals surface area contributed by atoms with Crippen molar-refractivity contribution in [3.05, 3.63) is 36.2 Å². The van der Waals surface area contributed by atoms with E-state index in [4.69, 9.17) is 0 Å². The van der Waals surface area contributed by atoms with Crippen molar-refractivity contribution in [2.75, 3.05) is 29.6 Å². The largest absolute Gasteiger partial charge is 0.370 e. The first kappa shape index (κ1) is 15.6. The maximum Gasteiger partial charge on any atom is 0.191 e. The second kappa shape index (κ2) is 7.83. The van der Waals surface area contributed by atoms with E-state index < -0.39 is 0 Å². The van der Waals surface area contributed by atoms with Crippen LogP contribution < -0.4 is 10.2 Å². The molecule has 2 heterocycles. The van der Waals surface area contributed by atoms with E-state index in [9.17, 15) is 0 Å². The van der Waals surface area contributed by atoms with Crippen LogP contribution in [0.15, 0.2) is 35.6 Å². The number of rotatable bonds is 7. The topological polar surface area (TPSA) is 53.9 Å². The summed E-state index contributed by atoms with van der Waals surface area (Å²) >= 11 is 1.55. The van der Waals surface area contributed by atoms with Crippen LogP contribution in [-0.2, 0) is 6.54 Å². The van der Waals surface area contributed by atoms with E-state index in [2.05, 4.69) is 39.0 Å². The zero-order valence-electron chi connectivity index (χ0n) is 12.7. The Kier molecular flexibility index (Phi) is 5.80. The standard InChI is InChI=1S/C15H21N5S/c1-4-16-13-10-14(19-15(18-13)21-3)20(5-2)11-12-8-6-7-9-17-12/h6-10H,4-5,11H2,1-3H3,(H,16,18,19). The van der Waals surface area contributed by atoms with E-state index in [0.717, 1.165) is 42.1 Å². The molecule has 0 atom stereocenters. The van der Waals surface area contributed by atoms with Gasteiger partial charge in [0.15, 0.2) is 5.16 Å². The average molecular weight is 303 g/mol. The van der Waals surface area contributed by atoms with Crippen molar-refractivity contribution in [3.63, 3.8) is 0 Å². The summed E-state index contributed by atoms with van der Waals surface area (Å²) in [6.45, 7) is 6.64. The summed E-state index contributed by atoms with van der Waals surface area (Å²) in [6.07, 6.45) is 3.81. The van der Waals surface area contributed by atoms with Gasteiger partial charge in [-0.15, -0.1) is 0 Å². The Morgan fingerprint density at radius 3 is 2.71 bits per heavy atom. The average Bonchev–Trinajstić information content (AvgIpc) is 2.53. The zero-order chi connectivity index (χ0) is 15.1. The molecule has 0 radical (unpaired) electrons. The second-order valence-electron chi connectivity index (χ2n) is 4.46. The van der Waals surface area contributed by atoms with Crippen LogP contribution in [0.1, 0.15) is 19.5 Å². The predicted molar refractivity (Wildman–Crippen MR) is 88.9 cm³/mol. The fourth-order valence-electron chi connectivity index (χ4n) is 1.98. The zero-order valence-corrected chi connectivity index (χ0v) is 13.5. The summed E-state index contributed by atoms with van der Waals surface area (Å²) in [5.41, 5.74) is 1.04. The molecule has 0 aromatic carbocycles. The summed E-state index contributed by atoms with van der Waals surface area (Å²) < 4.78 is 0. The summed E-state index contributed by atoms with van der Waals surface area (Å²) in [5, 5.41) is 4.04. The molecule has 2 aromatic rings. The lowest BCUT2D eigenvalue weighted by Crippen LogP contribution is -2.24. The molecule has 0 fully saturated rings. The summed E-state index contributed by atoms with van der Waals surface area (Å²) in [6, 6.07) is 7.97. The molecule has 112 valence electrons. The maximum atomic E-state index is 4.61. The van der Waals surface area contributed by atoms with Crippen LogP contribution in [0.4, 0.5) is 11.6 Å². The first-order valence-electron chi connectivity index (χ1n) is 7.08. The lowest BCUT2D eigenvalue weighted by Gasteiger charge is -2.22. The molecular weight excluding hydrogens is 282 g/mol. The van der Waals surface area contributed by atoms with Crippen molar-refractivity contribution in [1.82, 2.24) is 15.0 Å². The van der Waals surface area contributed by atoms with Gasteiger partial charge in [-0.05, 0) is 32.2 Å². The van der Waals surface area contributed by atoms with E-state index in [0.29, 0.717) is 0 Å². The molecule has 6 heteroatoms. The Morgan fingerprint density at radius 1 is 1.24 bits per heavy atom. The van der Waals surface area contributed by atoms with Crippen LogP contribution in [0, 0.1) is 0 Å². The first-order chi connectivity index (χ1) is 10.3. The number of hydrogen-bond donors (Lipinski definition) is 1. The van der Waals surface area contributed by atoms with E-state index in [-0.39, 0.29) is 0 Å². The van der Waals surface area contributed by atoms with Gasteiger partial charge in [0.1, 0.15) is 11.6 Å². The van der Waals surface area contributed by atoms with Crippen LogP contribution in [0.5, 0.6) is 0 Å². The molecule has 0 unspecified atom stereocenters. The Hall–Kier alpha value is -1.82. The molecule has 5 nitrogen and oxygen atoms in total. The summed E-state index contributed by atoms with van der Waals surface area (Å²) in [5.74, 6) is 1.80. The Morgan fingerprint density at radius 2 is 2.10 bits per heavy atom. The van der Waals surface area contributed by atoms with E-state index >= 15 is 0 Å². The Labute approximate surface area is 130 Å². The first-order valence-corrected chi connectivity index (χ1v) is 8.31. The lowest BCUT2D eigenvalue weighted by atomic mass is 10.3. The Balaban J connectivity index is 2.26. The van der Waals surface area contributed by atoms with Crippen molar-refractivity contribution < 1.29 is 0 Å². The van der Waals surface area contributed by atoms with Gasteiger partial charge >= 0.3 is 0 Å². The smallest absolute Gasteiger partial charge is 0.191 e. The van der Waals surface area contributed by atoms with Crippen LogP contribution in [0.3, 0.4) is 0 Å². The SMILES string of the molecule is CCNc1cc(N(CC)Cc2ccccn2)nc(SC)n1. The van der Waals surface area contributed by atoms with Crippen molar-refractivity contribution in [1.29, 1.82) is 0 Å². The van der Waals surface area contributed by atoms with Crippen molar-refractivity contribution in [3.8, 4) is 0 Å². The third-order valence-electron chi connectivity index (χ3n) is 3.02. The van der Waals surface area contributed by atoms with E-state index in [1.807, 2.05) is 36.7 Å². The van der Waals surface area contributed by atoms with Gasteiger partial charge in [0, 0.05) is 25.4 Å². The molecule has 1 N–H and O–H groups in total. The van der Waals surface area contributed by atoms with Crippen molar-refractivity contribution in [2.45, 2.75) is 25.5 Å². The number of anilines is 2. The highest BCUT2D eigenvalue weighted by atomic mass is 32.2. The van der Waals surface area contributed by atoms with Gasteiger partial charge in [-0.2, -0.15) is 0 Å². The highest BCUT2D eigenvalue weighted by Gasteiger charge is 2.11. The molecule has 0 aliphatic heterocycles. The minimum Gasteiger partial charge on any atom is -0.370 e. The minimum absolute atomic E-state index is 0.744. The molecule has 2 rings (SSSR count). The predicted octanol–water partition coefficient (Wildman–Crippen LogP) is 3.05. The number of thioether (sulfide) groups is 1. The molecule has 0 saturated heterocycles. The van der Waals surface area contributed by atoms with Gasteiger partial charge < -0.3 is 10.2 Å². The molecule has 0 bridgehead atoms. The molecule has 0 spiro atoms. The molecule has 0 aliphatic carbocycles. The summed E-state index contributed by atoms with van der Waals surface area (Å²) in [7, 11) is 0. The quantitative estimate of drug-likeness (QED) is 0.627. The van der Waals surface area contributed by atoms with E-state index in [1.165, 1.54) is 0 Å². The third kappa shape index (κ3) is 4.32.